The Morgan fingerprint density at radius 1 is 1.10 bits per heavy atom. The van der Waals surface area contributed by atoms with Crippen molar-refractivity contribution in [1.82, 2.24) is 14.5 Å². The fourth-order valence-corrected chi connectivity index (χ4v) is 3.70. The smallest absolute Gasteiger partial charge is 0.326 e. The molecule has 29 heavy (non-hydrogen) atoms. The van der Waals surface area contributed by atoms with Gasteiger partial charge in [-0.3, -0.25) is 14.2 Å². The summed E-state index contributed by atoms with van der Waals surface area (Å²) in [6.07, 6.45) is 0. The number of amides is 2. The van der Waals surface area contributed by atoms with E-state index in [-0.39, 0.29) is 23.8 Å². The van der Waals surface area contributed by atoms with Crippen molar-refractivity contribution < 1.29 is 9.59 Å². The highest BCUT2D eigenvalue weighted by molar-refractivity contribution is 9.10. The van der Waals surface area contributed by atoms with Crippen molar-refractivity contribution in [1.29, 1.82) is 0 Å². The van der Waals surface area contributed by atoms with Crippen molar-refractivity contribution in [3.05, 3.63) is 85.5 Å². The molecule has 148 valence electrons. The zero-order valence-corrected chi connectivity index (χ0v) is 17.5. The van der Waals surface area contributed by atoms with Gasteiger partial charge in [0.25, 0.3) is 11.8 Å². The van der Waals surface area contributed by atoms with E-state index in [0.717, 1.165) is 0 Å². The van der Waals surface area contributed by atoms with Crippen LogP contribution < -0.4 is 11.0 Å². The summed E-state index contributed by atoms with van der Waals surface area (Å²) in [7, 11) is 0. The Bertz CT molecular complexity index is 1160. The molecule has 4 rings (SSSR count). The predicted molar refractivity (Wildman–Crippen MR) is 113 cm³/mol. The summed E-state index contributed by atoms with van der Waals surface area (Å²) in [5.74, 6) is -0.642. The minimum Gasteiger partial charge on any atom is -0.331 e. The topological polar surface area (TPSA) is 87.2 Å². The van der Waals surface area contributed by atoms with Crippen LogP contribution in [0.15, 0.2) is 57.8 Å². The van der Waals surface area contributed by atoms with Gasteiger partial charge < -0.3 is 15.2 Å². The van der Waals surface area contributed by atoms with Gasteiger partial charge in [0.15, 0.2) is 0 Å². The fraction of sp³-hybridized carbons (Fsp3) is 0.150. The zero-order chi connectivity index (χ0) is 20.5. The number of nitrogens with zero attached hydrogens (tertiary/aromatic N) is 2. The van der Waals surface area contributed by atoms with E-state index >= 15 is 0 Å². The first-order valence-electron chi connectivity index (χ1n) is 8.86. The van der Waals surface area contributed by atoms with Crippen LogP contribution in [-0.4, -0.2) is 32.8 Å². The summed E-state index contributed by atoms with van der Waals surface area (Å²) >= 11 is 9.41. The zero-order valence-electron chi connectivity index (χ0n) is 15.1. The van der Waals surface area contributed by atoms with Crippen LogP contribution in [0, 0.1) is 0 Å². The third kappa shape index (κ3) is 3.86. The number of aromatic amines is 1. The quantitative estimate of drug-likeness (QED) is 0.608. The number of fused-ring (bicyclic) bond motifs is 1. The molecular formula is C20H16BrClN4O3. The number of rotatable bonds is 3. The van der Waals surface area contributed by atoms with E-state index in [1.165, 1.54) is 4.57 Å². The van der Waals surface area contributed by atoms with Gasteiger partial charge in [-0.1, -0.05) is 29.8 Å². The van der Waals surface area contributed by atoms with Crippen LogP contribution in [-0.2, 0) is 13.1 Å². The van der Waals surface area contributed by atoms with Gasteiger partial charge >= 0.3 is 5.69 Å². The first kappa shape index (κ1) is 19.5. The van der Waals surface area contributed by atoms with Crippen molar-refractivity contribution in [2.24, 2.45) is 0 Å². The third-order valence-electron chi connectivity index (χ3n) is 4.74. The standard InChI is InChI=1S/C20H16BrClN4O3/c21-14-7-6-12(10-15(14)22)19(28)25-8-9-26-16(11-25)17(24-20(26)29)18(27)23-13-4-2-1-3-5-13/h1-7,10H,8-9,11H2,(H,23,27)(H,24,29). The molecule has 0 radical (unpaired) electrons. The van der Waals surface area contributed by atoms with E-state index in [0.29, 0.717) is 39.5 Å². The van der Waals surface area contributed by atoms with Crippen molar-refractivity contribution >= 4 is 45.0 Å². The molecule has 0 saturated carbocycles. The molecule has 2 amide bonds. The number of aromatic nitrogens is 2. The van der Waals surface area contributed by atoms with Crippen molar-refractivity contribution in [3.63, 3.8) is 0 Å². The SMILES string of the molecule is O=C(Nc1ccccc1)c1[nH]c(=O)n2c1CN(C(=O)c1ccc(Br)c(Cl)c1)CC2. The van der Waals surface area contributed by atoms with Gasteiger partial charge in [0.05, 0.1) is 17.3 Å². The highest BCUT2D eigenvalue weighted by atomic mass is 79.9. The van der Waals surface area contributed by atoms with Crippen LogP contribution in [0.4, 0.5) is 5.69 Å². The molecule has 2 heterocycles. The maximum atomic E-state index is 12.9. The van der Waals surface area contributed by atoms with Crippen LogP contribution in [0.2, 0.25) is 5.02 Å². The molecule has 0 aliphatic carbocycles. The Morgan fingerprint density at radius 3 is 2.59 bits per heavy atom. The molecule has 0 fully saturated rings. The number of benzene rings is 2. The molecule has 0 atom stereocenters. The second-order valence-corrected chi connectivity index (χ2v) is 7.84. The predicted octanol–water partition coefficient (Wildman–Crippen LogP) is 3.50. The largest absolute Gasteiger partial charge is 0.331 e. The number of carbonyl (C=O) groups is 2. The lowest BCUT2D eigenvalue weighted by atomic mass is 10.1. The molecular weight excluding hydrogens is 460 g/mol. The Morgan fingerprint density at radius 2 is 1.86 bits per heavy atom. The molecule has 7 nitrogen and oxygen atoms in total. The Balaban J connectivity index is 1.60. The second kappa shape index (κ2) is 7.88. The highest BCUT2D eigenvalue weighted by Gasteiger charge is 2.28. The monoisotopic (exact) mass is 474 g/mol. The third-order valence-corrected chi connectivity index (χ3v) is 5.97. The maximum absolute atomic E-state index is 12.9. The van der Waals surface area contributed by atoms with Crippen LogP contribution >= 0.6 is 27.5 Å². The van der Waals surface area contributed by atoms with E-state index in [4.69, 9.17) is 11.6 Å². The van der Waals surface area contributed by atoms with Gasteiger partial charge in [0.1, 0.15) is 5.69 Å². The highest BCUT2D eigenvalue weighted by Crippen LogP contribution is 2.25. The van der Waals surface area contributed by atoms with E-state index in [9.17, 15) is 14.4 Å². The number of hydrogen-bond donors (Lipinski definition) is 2. The number of imidazole rings is 1. The molecule has 1 aliphatic rings. The molecule has 1 aromatic heterocycles. The Hall–Kier alpha value is -2.84. The molecule has 0 spiro atoms. The lowest BCUT2D eigenvalue weighted by molar-refractivity contribution is 0.0707. The molecule has 1 aliphatic heterocycles. The van der Waals surface area contributed by atoms with Crippen molar-refractivity contribution in [2.45, 2.75) is 13.1 Å². The minimum atomic E-state index is -0.428. The summed E-state index contributed by atoms with van der Waals surface area (Å²) < 4.78 is 2.20. The average Bonchev–Trinajstić information content (AvgIpc) is 3.06. The number of halogens is 2. The van der Waals surface area contributed by atoms with E-state index in [2.05, 4.69) is 26.2 Å². The minimum absolute atomic E-state index is 0.142. The van der Waals surface area contributed by atoms with Gasteiger partial charge in [0, 0.05) is 28.8 Å². The number of para-hydroxylation sites is 1. The van der Waals surface area contributed by atoms with Crippen LogP contribution in [0.3, 0.4) is 0 Å². The van der Waals surface area contributed by atoms with Crippen molar-refractivity contribution in [2.75, 3.05) is 11.9 Å². The van der Waals surface area contributed by atoms with E-state index < -0.39 is 5.91 Å². The second-order valence-electron chi connectivity index (χ2n) is 6.58. The van der Waals surface area contributed by atoms with Gasteiger partial charge in [-0.2, -0.15) is 0 Å². The lowest BCUT2D eigenvalue weighted by Gasteiger charge is -2.28. The number of nitrogens with one attached hydrogen (secondary N) is 2. The molecule has 2 N–H and O–H groups in total. The number of carbonyl (C=O) groups excluding carboxylic acids is 2. The molecule has 9 heteroatoms. The maximum Gasteiger partial charge on any atom is 0.326 e. The van der Waals surface area contributed by atoms with Gasteiger partial charge in [-0.05, 0) is 46.3 Å². The summed E-state index contributed by atoms with van der Waals surface area (Å²) in [6.45, 7) is 0.805. The van der Waals surface area contributed by atoms with E-state index in [1.807, 2.05) is 6.07 Å². The first-order valence-corrected chi connectivity index (χ1v) is 10.0. The molecule has 0 unspecified atom stereocenters. The Labute approximate surface area is 179 Å². The first-order chi connectivity index (χ1) is 13.9. The summed E-state index contributed by atoms with van der Waals surface area (Å²) in [5, 5.41) is 3.20. The number of hydrogen-bond acceptors (Lipinski definition) is 3. The fourth-order valence-electron chi connectivity index (χ4n) is 3.27. The Kier molecular flexibility index (Phi) is 5.29. The van der Waals surface area contributed by atoms with Crippen LogP contribution in [0.25, 0.3) is 0 Å². The van der Waals surface area contributed by atoms with Crippen LogP contribution in [0.1, 0.15) is 26.5 Å². The molecule has 0 saturated heterocycles. The summed E-state index contributed by atoms with van der Waals surface area (Å²) in [4.78, 5) is 42.1. The summed E-state index contributed by atoms with van der Waals surface area (Å²) in [6, 6.07) is 13.9. The van der Waals surface area contributed by atoms with Gasteiger partial charge in [-0.25, -0.2) is 4.79 Å². The lowest BCUT2D eigenvalue weighted by Crippen LogP contribution is -2.40. The van der Waals surface area contributed by atoms with Gasteiger partial charge in [0.2, 0.25) is 0 Å². The molecule has 3 aromatic rings. The number of H-pyrrole nitrogens is 1. The van der Waals surface area contributed by atoms with E-state index in [1.54, 1.807) is 47.4 Å². The van der Waals surface area contributed by atoms with Crippen LogP contribution in [0.5, 0.6) is 0 Å². The molecule has 2 aromatic carbocycles. The van der Waals surface area contributed by atoms with Crippen molar-refractivity contribution in [3.8, 4) is 0 Å². The normalized spacial score (nSPS) is 13.1. The molecule has 0 bridgehead atoms. The summed E-state index contributed by atoms with van der Waals surface area (Å²) in [5.41, 5.74) is 1.33. The average molecular weight is 476 g/mol. The number of anilines is 1. The van der Waals surface area contributed by atoms with Gasteiger partial charge in [-0.15, -0.1) is 0 Å².